The van der Waals surface area contributed by atoms with E-state index < -0.39 is 0 Å². The van der Waals surface area contributed by atoms with Crippen LogP contribution in [-0.2, 0) is 0 Å². The van der Waals surface area contributed by atoms with E-state index in [1.807, 2.05) is 0 Å². The fourth-order valence-corrected chi connectivity index (χ4v) is 4.27. The van der Waals surface area contributed by atoms with Gasteiger partial charge in [0.25, 0.3) is 0 Å². The second-order valence-corrected chi connectivity index (χ2v) is 7.53. The normalized spacial score (nSPS) is 15.8. The van der Waals surface area contributed by atoms with E-state index in [0.29, 0.717) is 5.28 Å². The van der Waals surface area contributed by atoms with Crippen LogP contribution in [0.4, 0.5) is 5.82 Å². The first-order valence-electron chi connectivity index (χ1n) is 8.04. The van der Waals surface area contributed by atoms with Crippen molar-refractivity contribution in [1.29, 1.82) is 0 Å². The van der Waals surface area contributed by atoms with Crippen LogP contribution in [0, 0.1) is 13.8 Å². The van der Waals surface area contributed by atoms with Gasteiger partial charge in [0.05, 0.1) is 5.39 Å². The van der Waals surface area contributed by atoms with Crippen molar-refractivity contribution < 1.29 is 0 Å². The number of aromatic nitrogens is 2. The lowest BCUT2D eigenvalue weighted by Crippen LogP contribution is -2.20. The molecule has 6 heteroatoms. The molecule has 4 nitrogen and oxygen atoms in total. The predicted molar refractivity (Wildman–Crippen MR) is 95.3 cm³/mol. The van der Waals surface area contributed by atoms with Crippen molar-refractivity contribution in [2.45, 2.75) is 39.5 Å². The molecule has 120 valence electrons. The third-order valence-electron chi connectivity index (χ3n) is 4.39. The van der Waals surface area contributed by atoms with Gasteiger partial charge in [-0.25, -0.2) is 9.97 Å². The summed E-state index contributed by atoms with van der Waals surface area (Å²) in [6, 6.07) is 0. The maximum absolute atomic E-state index is 6.05. The van der Waals surface area contributed by atoms with E-state index in [-0.39, 0.29) is 0 Å². The molecule has 0 spiro atoms. The molecule has 0 radical (unpaired) electrons. The van der Waals surface area contributed by atoms with Crippen molar-refractivity contribution in [2.75, 3.05) is 31.5 Å². The molecule has 1 N–H and O–H groups in total. The molecule has 0 bridgehead atoms. The zero-order valence-corrected chi connectivity index (χ0v) is 14.9. The number of aryl methyl sites for hydroxylation is 2. The number of nitrogens with one attached hydrogen (secondary N) is 1. The van der Waals surface area contributed by atoms with E-state index in [2.05, 4.69) is 34.0 Å². The van der Waals surface area contributed by atoms with Gasteiger partial charge in [-0.3, -0.25) is 0 Å². The molecule has 0 atom stereocenters. The van der Waals surface area contributed by atoms with Gasteiger partial charge in [-0.2, -0.15) is 0 Å². The third kappa shape index (κ3) is 3.53. The highest BCUT2D eigenvalue weighted by molar-refractivity contribution is 7.18. The lowest BCUT2D eigenvalue weighted by Gasteiger charge is -2.14. The fourth-order valence-electron chi connectivity index (χ4n) is 3.02. The standard InChI is InChI=1S/C16H23ClN4S/c1-11-12(2)22-15-13(11)14(19-16(17)20-15)18-7-3-4-8-21-9-5-6-10-21/h3-10H2,1-2H3,(H,18,19,20). The van der Waals surface area contributed by atoms with Gasteiger partial charge in [-0.1, -0.05) is 0 Å². The van der Waals surface area contributed by atoms with E-state index in [4.69, 9.17) is 11.6 Å². The minimum absolute atomic E-state index is 0.327. The van der Waals surface area contributed by atoms with Crippen molar-refractivity contribution >= 4 is 39.0 Å². The Kier molecular flexibility index (Phi) is 5.16. The average Bonchev–Trinajstić information content (AvgIpc) is 3.07. The molecule has 0 aliphatic carbocycles. The van der Waals surface area contributed by atoms with E-state index in [0.717, 1.165) is 29.0 Å². The lowest BCUT2D eigenvalue weighted by molar-refractivity contribution is 0.331. The summed E-state index contributed by atoms with van der Waals surface area (Å²) in [7, 11) is 0. The van der Waals surface area contributed by atoms with E-state index in [9.17, 15) is 0 Å². The maximum atomic E-state index is 6.05. The van der Waals surface area contributed by atoms with Crippen LogP contribution in [0.5, 0.6) is 0 Å². The number of hydrogen-bond acceptors (Lipinski definition) is 5. The van der Waals surface area contributed by atoms with Gasteiger partial charge in [0.2, 0.25) is 5.28 Å². The summed E-state index contributed by atoms with van der Waals surface area (Å²) < 4.78 is 0. The van der Waals surface area contributed by atoms with Gasteiger partial charge in [0.1, 0.15) is 10.6 Å². The first kappa shape index (κ1) is 16.0. The highest BCUT2D eigenvalue weighted by Crippen LogP contribution is 2.33. The highest BCUT2D eigenvalue weighted by atomic mass is 35.5. The SMILES string of the molecule is Cc1sc2nc(Cl)nc(NCCCCN3CCCC3)c2c1C. The van der Waals surface area contributed by atoms with E-state index in [1.54, 1.807) is 11.3 Å². The zero-order valence-electron chi connectivity index (χ0n) is 13.3. The molecule has 1 aliphatic heterocycles. The number of halogens is 1. The Balaban J connectivity index is 1.58. The summed E-state index contributed by atoms with van der Waals surface area (Å²) in [4.78, 5) is 13.6. The van der Waals surface area contributed by atoms with Crippen LogP contribution in [-0.4, -0.2) is 41.0 Å². The monoisotopic (exact) mass is 338 g/mol. The van der Waals surface area contributed by atoms with Crippen LogP contribution in [0.1, 0.15) is 36.1 Å². The topological polar surface area (TPSA) is 41.1 Å². The Morgan fingerprint density at radius 1 is 1.18 bits per heavy atom. The van der Waals surface area contributed by atoms with Crippen LogP contribution in [0.25, 0.3) is 10.2 Å². The Bertz CT molecular complexity index is 649. The molecular formula is C16H23ClN4S. The molecule has 1 fully saturated rings. The number of anilines is 1. The fraction of sp³-hybridized carbons (Fsp3) is 0.625. The number of thiophene rings is 1. The number of nitrogens with zero attached hydrogens (tertiary/aromatic N) is 3. The summed E-state index contributed by atoms with van der Waals surface area (Å²) in [5.41, 5.74) is 1.26. The van der Waals surface area contributed by atoms with Gasteiger partial charge in [-0.05, 0) is 76.3 Å². The Morgan fingerprint density at radius 2 is 1.95 bits per heavy atom. The van der Waals surface area contributed by atoms with E-state index >= 15 is 0 Å². The molecule has 3 heterocycles. The molecule has 2 aromatic heterocycles. The first-order chi connectivity index (χ1) is 10.6. The zero-order chi connectivity index (χ0) is 15.5. The molecule has 22 heavy (non-hydrogen) atoms. The minimum atomic E-state index is 0.327. The smallest absolute Gasteiger partial charge is 0.225 e. The molecule has 0 amide bonds. The second kappa shape index (κ2) is 7.11. The van der Waals surface area contributed by atoms with Gasteiger partial charge >= 0.3 is 0 Å². The van der Waals surface area contributed by atoms with Crippen molar-refractivity contribution in [1.82, 2.24) is 14.9 Å². The van der Waals surface area contributed by atoms with Gasteiger partial charge in [0, 0.05) is 11.4 Å². The Labute approximate surface area is 140 Å². The number of rotatable bonds is 6. The van der Waals surface area contributed by atoms with Crippen molar-refractivity contribution in [3.8, 4) is 0 Å². The first-order valence-corrected chi connectivity index (χ1v) is 9.24. The highest BCUT2D eigenvalue weighted by Gasteiger charge is 2.14. The third-order valence-corrected chi connectivity index (χ3v) is 5.66. The summed E-state index contributed by atoms with van der Waals surface area (Å²) >= 11 is 7.73. The second-order valence-electron chi connectivity index (χ2n) is 5.99. The lowest BCUT2D eigenvalue weighted by atomic mass is 10.2. The Morgan fingerprint density at radius 3 is 2.73 bits per heavy atom. The maximum Gasteiger partial charge on any atom is 0.225 e. The summed E-state index contributed by atoms with van der Waals surface area (Å²) in [5, 5.41) is 4.92. The molecule has 2 aromatic rings. The van der Waals surface area contributed by atoms with Crippen LogP contribution in [0.3, 0.4) is 0 Å². The van der Waals surface area contributed by atoms with Crippen molar-refractivity contribution in [3.63, 3.8) is 0 Å². The van der Waals surface area contributed by atoms with Crippen molar-refractivity contribution in [3.05, 3.63) is 15.7 Å². The average molecular weight is 339 g/mol. The van der Waals surface area contributed by atoms with Gasteiger partial charge < -0.3 is 10.2 Å². The molecule has 0 saturated carbocycles. The predicted octanol–water partition coefficient (Wildman–Crippen LogP) is 4.25. The van der Waals surface area contributed by atoms with Crippen LogP contribution in [0.15, 0.2) is 0 Å². The number of likely N-dealkylation sites (tertiary alicyclic amines) is 1. The molecule has 1 saturated heterocycles. The molecular weight excluding hydrogens is 316 g/mol. The molecule has 0 unspecified atom stereocenters. The minimum Gasteiger partial charge on any atom is -0.369 e. The summed E-state index contributed by atoms with van der Waals surface area (Å²) in [6.45, 7) is 8.97. The largest absolute Gasteiger partial charge is 0.369 e. The summed E-state index contributed by atoms with van der Waals surface area (Å²) in [6.07, 6.45) is 5.12. The van der Waals surface area contributed by atoms with E-state index in [1.165, 1.54) is 49.3 Å². The van der Waals surface area contributed by atoms with Gasteiger partial charge in [-0.15, -0.1) is 11.3 Å². The Hall–Kier alpha value is -0.910. The quantitative estimate of drug-likeness (QED) is 0.631. The van der Waals surface area contributed by atoms with Crippen LogP contribution in [0.2, 0.25) is 5.28 Å². The van der Waals surface area contributed by atoms with Gasteiger partial charge in [0.15, 0.2) is 0 Å². The summed E-state index contributed by atoms with van der Waals surface area (Å²) in [5.74, 6) is 0.887. The molecule has 3 rings (SSSR count). The molecule has 0 aromatic carbocycles. The molecule has 1 aliphatic rings. The van der Waals surface area contributed by atoms with Crippen LogP contribution < -0.4 is 5.32 Å². The number of fused-ring (bicyclic) bond motifs is 1. The number of unbranched alkanes of at least 4 members (excludes halogenated alkanes) is 1. The van der Waals surface area contributed by atoms with Crippen molar-refractivity contribution in [2.24, 2.45) is 0 Å². The number of hydrogen-bond donors (Lipinski definition) is 1. The van der Waals surface area contributed by atoms with Crippen LogP contribution >= 0.6 is 22.9 Å².